The summed E-state index contributed by atoms with van der Waals surface area (Å²) < 4.78 is 12.6. The van der Waals surface area contributed by atoms with Crippen molar-refractivity contribution in [1.29, 1.82) is 0 Å². The van der Waals surface area contributed by atoms with Crippen molar-refractivity contribution in [2.75, 3.05) is 19.1 Å². The maximum atomic E-state index is 14.1. The quantitative estimate of drug-likeness (QED) is 0.359. The first-order valence-corrected chi connectivity index (χ1v) is 12.8. The number of anilines is 1. The third kappa shape index (κ3) is 5.18. The Balaban J connectivity index is 1.60. The molecule has 1 aliphatic carbocycles. The minimum atomic E-state index is -0.985. The van der Waals surface area contributed by atoms with Gasteiger partial charge in [-0.25, -0.2) is 4.68 Å². The predicted octanol–water partition coefficient (Wildman–Crippen LogP) is 4.28. The Labute approximate surface area is 221 Å². The summed E-state index contributed by atoms with van der Waals surface area (Å²) in [6.45, 7) is -0.0961. The molecule has 5 rings (SSSR count). The molecule has 0 spiro atoms. The monoisotopic (exact) mass is 513 g/mol. The molecule has 1 aromatic heterocycles. The topological polar surface area (TPSA) is 98.6 Å². The molecule has 1 atom stereocenters. The largest absolute Gasteiger partial charge is 0.497 e. The Bertz CT molecular complexity index is 1420. The van der Waals surface area contributed by atoms with Gasteiger partial charge in [-0.15, -0.1) is 5.10 Å². The number of ether oxygens (including phenoxy) is 2. The van der Waals surface area contributed by atoms with Gasteiger partial charge in [0.05, 0.1) is 19.7 Å². The lowest BCUT2D eigenvalue weighted by atomic mass is 10.0. The zero-order valence-electron chi connectivity index (χ0n) is 21.5. The smallest absolute Gasteiger partial charge is 0.249 e. The Morgan fingerprint density at radius 1 is 1.00 bits per heavy atom. The molecule has 1 saturated carbocycles. The van der Waals surface area contributed by atoms with Crippen LogP contribution < -0.4 is 19.7 Å². The lowest BCUT2D eigenvalue weighted by Crippen LogP contribution is -2.47. The minimum absolute atomic E-state index is 0.0706. The van der Waals surface area contributed by atoms with Gasteiger partial charge in [-0.2, -0.15) is 0 Å². The second kappa shape index (κ2) is 11.3. The van der Waals surface area contributed by atoms with Crippen molar-refractivity contribution in [2.45, 2.75) is 44.3 Å². The highest BCUT2D eigenvalue weighted by atomic mass is 16.5. The summed E-state index contributed by atoms with van der Waals surface area (Å²) in [5.74, 6) is 0.473. The molecule has 0 aliphatic heterocycles. The molecule has 1 aliphatic rings. The van der Waals surface area contributed by atoms with E-state index in [1.165, 1.54) is 4.90 Å². The summed E-state index contributed by atoms with van der Waals surface area (Å²) in [5, 5.41) is 11.6. The van der Waals surface area contributed by atoms with E-state index in [0.717, 1.165) is 31.2 Å². The average molecular weight is 514 g/mol. The number of carbonyl (C=O) groups excluding carboxylic acids is 2. The van der Waals surface area contributed by atoms with Crippen molar-refractivity contribution in [2.24, 2.45) is 0 Å². The molecular formula is C29H31N5O4. The van der Waals surface area contributed by atoms with Crippen molar-refractivity contribution in [3.63, 3.8) is 0 Å². The summed E-state index contributed by atoms with van der Waals surface area (Å²) in [6.07, 6.45) is 3.98. The van der Waals surface area contributed by atoms with E-state index in [-0.39, 0.29) is 24.4 Å². The molecule has 38 heavy (non-hydrogen) atoms. The highest BCUT2D eigenvalue weighted by Gasteiger charge is 2.36. The summed E-state index contributed by atoms with van der Waals surface area (Å²) in [6, 6.07) is 21.0. The Kier molecular flexibility index (Phi) is 7.53. The van der Waals surface area contributed by atoms with Gasteiger partial charge in [-0.1, -0.05) is 48.4 Å². The maximum Gasteiger partial charge on any atom is 0.249 e. The molecule has 4 aromatic rings. The number of para-hydroxylation sites is 2. The molecule has 196 valence electrons. The maximum absolute atomic E-state index is 14.1. The van der Waals surface area contributed by atoms with Gasteiger partial charge < -0.3 is 14.8 Å². The van der Waals surface area contributed by atoms with Crippen molar-refractivity contribution >= 4 is 28.5 Å². The van der Waals surface area contributed by atoms with E-state index in [1.54, 1.807) is 37.1 Å². The van der Waals surface area contributed by atoms with Gasteiger partial charge in [0.15, 0.2) is 0 Å². The zero-order chi connectivity index (χ0) is 26.5. The van der Waals surface area contributed by atoms with Gasteiger partial charge in [0.2, 0.25) is 11.8 Å². The van der Waals surface area contributed by atoms with Crippen LogP contribution in [0.15, 0.2) is 72.8 Å². The third-order valence-corrected chi connectivity index (χ3v) is 6.95. The standard InChI is InChI=1S/C29H31N5O4/c1-37-22-16-17-23(26(18-22)38-2)28(29(36)30-20-10-6-7-11-20)34(21-12-4-3-5-13-21)27(35)19-33-25-15-9-8-14-24(25)31-32-33/h3-5,8-9,12-18,20,28H,6-7,10-11,19H2,1-2H3,(H,30,36). The highest BCUT2D eigenvalue weighted by Crippen LogP contribution is 2.36. The van der Waals surface area contributed by atoms with Gasteiger partial charge in [0.25, 0.3) is 0 Å². The Morgan fingerprint density at radius 2 is 1.74 bits per heavy atom. The first-order valence-electron chi connectivity index (χ1n) is 12.8. The van der Waals surface area contributed by atoms with Crippen LogP contribution in [0.1, 0.15) is 37.3 Å². The summed E-state index contributed by atoms with van der Waals surface area (Å²) in [5.41, 5.74) is 2.58. The molecular weight excluding hydrogens is 482 g/mol. The van der Waals surface area contributed by atoms with Crippen molar-refractivity contribution in [1.82, 2.24) is 20.3 Å². The Morgan fingerprint density at radius 3 is 2.47 bits per heavy atom. The first-order chi connectivity index (χ1) is 18.6. The molecule has 0 radical (unpaired) electrons. The average Bonchev–Trinajstić information content (AvgIpc) is 3.62. The fourth-order valence-electron chi connectivity index (χ4n) is 5.06. The van der Waals surface area contributed by atoms with Crippen LogP contribution in [0.4, 0.5) is 5.69 Å². The first kappa shape index (κ1) is 25.3. The fourth-order valence-corrected chi connectivity index (χ4v) is 5.06. The van der Waals surface area contributed by atoms with E-state index < -0.39 is 6.04 Å². The molecule has 0 bridgehead atoms. The van der Waals surface area contributed by atoms with E-state index in [9.17, 15) is 9.59 Å². The van der Waals surface area contributed by atoms with E-state index in [2.05, 4.69) is 15.6 Å². The van der Waals surface area contributed by atoms with Crippen LogP contribution >= 0.6 is 0 Å². The number of carbonyl (C=O) groups is 2. The van der Waals surface area contributed by atoms with Crippen LogP contribution in [0.25, 0.3) is 11.0 Å². The highest BCUT2D eigenvalue weighted by molar-refractivity contribution is 6.02. The number of rotatable bonds is 9. The van der Waals surface area contributed by atoms with Gasteiger partial charge in [-0.05, 0) is 49.2 Å². The molecule has 3 aromatic carbocycles. The predicted molar refractivity (Wildman–Crippen MR) is 144 cm³/mol. The van der Waals surface area contributed by atoms with E-state index >= 15 is 0 Å². The van der Waals surface area contributed by atoms with Gasteiger partial charge >= 0.3 is 0 Å². The number of amides is 2. The molecule has 9 heteroatoms. The molecule has 2 amide bonds. The molecule has 1 fully saturated rings. The number of fused-ring (bicyclic) bond motifs is 1. The van der Waals surface area contributed by atoms with Crippen molar-refractivity contribution in [3.05, 3.63) is 78.4 Å². The summed E-state index contributed by atoms with van der Waals surface area (Å²) >= 11 is 0. The second-order valence-electron chi connectivity index (χ2n) is 9.34. The zero-order valence-corrected chi connectivity index (χ0v) is 21.5. The molecule has 1 N–H and O–H groups in total. The number of hydrogen-bond acceptors (Lipinski definition) is 6. The van der Waals surface area contributed by atoms with Crippen LogP contribution in [0.2, 0.25) is 0 Å². The van der Waals surface area contributed by atoms with E-state index in [4.69, 9.17) is 9.47 Å². The lowest BCUT2D eigenvalue weighted by molar-refractivity contribution is -0.127. The SMILES string of the molecule is COc1ccc(C(C(=O)NC2CCCC2)N(C(=O)Cn2nnc3ccccc32)c2ccccc2)c(OC)c1. The number of benzene rings is 3. The van der Waals surface area contributed by atoms with Crippen LogP contribution in [-0.2, 0) is 16.1 Å². The third-order valence-electron chi connectivity index (χ3n) is 6.95. The molecule has 1 heterocycles. The Hall–Kier alpha value is -4.40. The number of hydrogen-bond donors (Lipinski definition) is 1. The van der Waals surface area contributed by atoms with Gasteiger partial charge in [-0.3, -0.25) is 14.5 Å². The fraction of sp³-hybridized carbons (Fsp3) is 0.310. The van der Waals surface area contributed by atoms with Gasteiger partial charge in [0.1, 0.15) is 29.6 Å². The van der Waals surface area contributed by atoms with Crippen LogP contribution in [0.5, 0.6) is 11.5 Å². The minimum Gasteiger partial charge on any atom is -0.497 e. The molecule has 0 saturated heterocycles. The van der Waals surface area contributed by atoms with Crippen LogP contribution in [-0.4, -0.2) is 47.1 Å². The molecule has 1 unspecified atom stereocenters. The number of aromatic nitrogens is 3. The van der Waals surface area contributed by atoms with Crippen LogP contribution in [0.3, 0.4) is 0 Å². The van der Waals surface area contributed by atoms with E-state index in [1.807, 2.05) is 54.6 Å². The van der Waals surface area contributed by atoms with E-state index in [0.29, 0.717) is 28.3 Å². The van der Waals surface area contributed by atoms with Gasteiger partial charge in [0, 0.05) is 23.4 Å². The number of methoxy groups -OCH3 is 2. The van der Waals surface area contributed by atoms with Crippen molar-refractivity contribution in [3.8, 4) is 11.5 Å². The molecule has 9 nitrogen and oxygen atoms in total. The summed E-state index contributed by atoms with van der Waals surface area (Å²) in [4.78, 5) is 29.7. The van der Waals surface area contributed by atoms with Crippen LogP contribution in [0, 0.1) is 0 Å². The number of nitrogens with zero attached hydrogens (tertiary/aromatic N) is 4. The second-order valence-corrected chi connectivity index (χ2v) is 9.34. The van der Waals surface area contributed by atoms with Crippen molar-refractivity contribution < 1.29 is 19.1 Å². The number of nitrogens with one attached hydrogen (secondary N) is 1. The lowest BCUT2D eigenvalue weighted by Gasteiger charge is -2.33. The normalized spacial score (nSPS) is 14.3. The summed E-state index contributed by atoms with van der Waals surface area (Å²) in [7, 11) is 3.11.